The predicted molar refractivity (Wildman–Crippen MR) is 89.8 cm³/mol. The number of carbonyl (C=O) groups is 2. The van der Waals surface area contributed by atoms with Crippen LogP contribution in [0.15, 0.2) is 11.6 Å². The number of rotatable bonds is 1. The highest BCUT2D eigenvalue weighted by atomic mass is 16.4. The van der Waals surface area contributed by atoms with Crippen molar-refractivity contribution in [2.24, 2.45) is 40.4 Å². The van der Waals surface area contributed by atoms with Gasteiger partial charge in [0.05, 0.1) is 0 Å². The molecule has 0 bridgehead atoms. The fourth-order valence-corrected chi connectivity index (χ4v) is 7.33. The number of hydrogen-bond acceptors (Lipinski definition) is 3. The molecule has 3 fully saturated rings. The summed E-state index contributed by atoms with van der Waals surface area (Å²) < 4.78 is 0. The van der Waals surface area contributed by atoms with E-state index in [9.17, 15) is 14.7 Å². The average Bonchev–Trinajstić information content (AvgIpc) is 2.86. The summed E-state index contributed by atoms with van der Waals surface area (Å²) in [4.78, 5) is 23.7. The first-order chi connectivity index (χ1) is 11.3. The molecule has 0 spiro atoms. The molecule has 3 saturated carbocycles. The highest BCUT2D eigenvalue weighted by molar-refractivity contribution is 5.92. The predicted octanol–water partition coefficient (Wildman–Crippen LogP) is 3.13. The molecule has 4 aliphatic carbocycles. The lowest BCUT2D eigenvalue weighted by atomic mass is 9.45. The molecule has 4 rings (SSSR count). The monoisotopic (exact) mass is 329 g/mol. The summed E-state index contributed by atoms with van der Waals surface area (Å²) in [5.41, 5.74) is 1.44. The van der Waals surface area contributed by atoms with Crippen LogP contribution >= 0.6 is 0 Å². The minimum Gasteiger partial charge on any atom is -0.550 e. The van der Waals surface area contributed by atoms with Crippen LogP contribution < -0.4 is 5.11 Å². The fraction of sp³-hybridized carbons (Fsp3) is 0.810. The largest absolute Gasteiger partial charge is 0.550 e. The second-order valence-corrected chi connectivity index (χ2v) is 9.43. The highest BCUT2D eigenvalue weighted by Crippen LogP contribution is 2.67. The zero-order valence-electron chi connectivity index (χ0n) is 15.1. The van der Waals surface area contributed by atoms with E-state index >= 15 is 0 Å². The summed E-state index contributed by atoms with van der Waals surface area (Å²) in [6.07, 6.45) is 8.71. The summed E-state index contributed by atoms with van der Waals surface area (Å²) in [5.74, 6) is 1.34. The molecule has 0 N–H and O–H groups in total. The van der Waals surface area contributed by atoms with Gasteiger partial charge in [-0.2, -0.15) is 0 Å². The van der Waals surface area contributed by atoms with Crippen molar-refractivity contribution < 1.29 is 14.7 Å². The van der Waals surface area contributed by atoms with Gasteiger partial charge in [0.1, 0.15) is 0 Å². The third-order valence-corrected chi connectivity index (χ3v) is 8.80. The Bertz CT molecular complexity index is 621. The van der Waals surface area contributed by atoms with E-state index in [0.29, 0.717) is 35.9 Å². The zero-order valence-corrected chi connectivity index (χ0v) is 15.1. The average molecular weight is 329 g/mol. The Kier molecular flexibility index (Phi) is 3.54. The Hall–Kier alpha value is -1.12. The van der Waals surface area contributed by atoms with Crippen LogP contribution in [0.25, 0.3) is 0 Å². The Morgan fingerprint density at radius 3 is 2.62 bits per heavy atom. The SMILES string of the molecule is CC1CC(=O)C=C2CC[C@H]3[C@@H]4CC[C@H](C(=O)[O-])[C@@]4(C)CC[C@@H]3[C@]21C. The normalized spacial score (nSPS) is 50.5. The first-order valence-corrected chi connectivity index (χ1v) is 9.73. The molecule has 3 nitrogen and oxygen atoms in total. The number of fused-ring (bicyclic) bond motifs is 5. The summed E-state index contributed by atoms with van der Waals surface area (Å²) in [6, 6.07) is 0. The molecule has 0 aromatic heterocycles. The molecule has 132 valence electrons. The van der Waals surface area contributed by atoms with Gasteiger partial charge in [-0.15, -0.1) is 0 Å². The standard InChI is InChI=1S/C21H30O3/c1-12-10-14(22)11-13-4-5-15-16-6-7-18(19(23)24)20(16,2)9-8-17(15)21(12,13)3/h11-12,15-18H,4-10H2,1-3H3,(H,23,24)/p-1/t12?,15-,16-,17-,18+,20-,21-/m0/s1. The van der Waals surface area contributed by atoms with E-state index in [4.69, 9.17) is 0 Å². The molecule has 1 unspecified atom stereocenters. The van der Waals surface area contributed by atoms with E-state index in [1.807, 2.05) is 6.08 Å². The van der Waals surface area contributed by atoms with E-state index in [1.54, 1.807) is 0 Å². The number of carboxylic acid groups (broad SMARTS) is 1. The lowest BCUT2D eigenvalue weighted by Crippen LogP contribution is -2.54. The van der Waals surface area contributed by atoms with E-state index in [2.05, 4.69) is 20.8 Å². The first-order valence-electron chi connectivity index (χ1n) is 9.73. The van der Waals surface area contributed by atoms with E-state index < -0.39 is 5.97 Å². The third kappa shape index (κ3) is 1.96. The molecule has 0 aromatic carbocycles. The molecule has 0 radical (unpaired) electrons. The van der Waals surface area contributed by atoms with Gasteiger partial charge in [-0.05, 0) is 79.1 Å². The number of carbonyl (C=O) groups excluding carboxylic acids is 2. The van der Waals surface area contributed by atoms with Gasteiger partial charge in [0.25, 0.3) is 0 Å². The minimum absolute atomic E-state index is 0.0781. The molecule has 3 heteroatoms. The Morgan fingerprint density at radius 2 is 1.92 bits per heavy atom. The first kappa shape index (κ1) is 16.4. The van der Waals surface area contributed by atoms with Crippen LogP contribution in [0, 0.1) is 40.4 Å². The topological polar surface area (TPSA) is 57.2 Å². The smallest absolute Gasteiger partial charge is 0.155 e. The maximum Gasteiger partial charge on any atom is 0.155 e. The molecule has 4 aliphatic rings. The van der Waals surface area contributed by atoms with Crippen LogP contribution in [0.2, 0.25) is 0 Å². The zero-order chi connectivity index (χ0) is 17.3. The van der Waals surface area contributed by atoms with Crippen LogP contribution in [0.5, 0.6) is 0 Å². The number of hydrogen-bond donors (Lipinski definition) is 0. The van der Waals surface area contributed by atoms with E-state index in [1.165, 1.54) is 5.57 Å². The second-order valence-electron chi connectivity index (χ2n) is 9.43. The van der Waals surface area contributed by atoms with Crippen molar-refractivity contribution in [3.63, 3.8) is 0 Å². The number of ketones is 1. The highest BCUT2D eigenvalue weighted by Gasteiger charge is 2.60. The second kappa shape index (κ2) is 5.19. The van der Waals surface area contributed by atoms with Gasteiger partial charge in [-0.1, -0.05) is 26.3 Å². The van der Waals surface area contributed by atoms with Gasteiger partial charge in [0.15, 0.2) is 5.78 Å². The summed E-state index contributed by atoms with van der Waals surface area (Å²) >= 11 is 0. The van der Waals surface area contributed by atoms with Gasteiger partial charge in [0, 0.05) is 18.3 Å². The van der Waals surface area contributed by atoms with Crippen LogP contribution in [-0.4, -0.2) is 11.8 Å². The lowest BCUT2D eigenvalue weighted by molar-refractivity contribution is -0.315. The van der Waals surface area contributed by atoms with Crippen molar-refractivity contribution in [1.29, 1.82) is 0 Å². The van der Waals surface area contributed by atoms with E-state index in [0.717, 1.165) is 38.5 Å². The fourth-order valence-electron chi connectivity index (χ4n) is 7.33. The molecular formula is C21H29O3-. The van der Waals surface area contributed by atoms with E-state index in [-0.39, 0.29) is 16.7 Å². The van der Waals surface area contributed by atoms with Crippen LogP contribution in [-0.2, 0) is 9.59 Å². The Balaban J connectivity index is 1.70. The molecular weight excluding hydrogens is 300 g/mol. The summed E-state index contributed by atoms with van der Waals surface area (Å²) in [5, 5.41) is 11.6. The quantitative estimate of drug-likeness (QED) is 0.742. The Morgan fingerprint density at radius 1 is 1.17 bits per heavy atom. The number of aliphatic carboxylic acids is 1. The Labute approximate surface area is 144 Å². The lowest BCUT2D eigenvalue weighted by Gasteiger charge is -2.60. The third-order valence-electron chi connectivity index (χ3n) is 8.80. The van der Waals surface area contributed by atoms with Crippen molar-refractivity contribution in [1.82, 2.24) is 0 Å². The molecule has 0 amide bonds. The van der Waals surface area contributed by atoms with Gasteiger partial charge < -0.3 is 9.90 Å². The molecule has 24 heavy (non-hydrogen) atoms. The van der Waals surface area contributed by atoms with Crippen molar-refractivity contribution in [2.45, 2.75) is 65.7 Å². The summed E-state index contributed by atoms with van der Waals surface area (Å²) in [7, 11) is 0. The van der Waals surface area contributed by atoms with Crippen molar-refractivity contribution in [3.05, 3.63) is 11.6 Å². The maximum absolute atomic E-state index is 12.0. The minimum atomic E-state index is -0.835. The number of carboxylic acids is 1. The van der Waals surface area contributed by atoms with Gasteiger partial charge in [0.2, 0.25) is 0 Å². The van der Waals surface area contributed by atoms with Crippen molar-refractivity contribution >= 4 is 11.8 Å². The van der Waals surface area contributed by atoms with Crippen LogP contribution in [0.1, 0.15) is 65.7 Å². The van der Waals surface area contributed by atoms with Crippen molar-refractivity contribution in [3.8, 4) is 0 Å². The van der Waals surface area contributed by atoms with Gasteiger partial charge >= 0.3 is 0 Å². The van der Waals surface area contributed by atoms with Crippen molar-refractivity contribution in [2.75, 3.05) is 0 Å². The molecule has 0 heterocycles. The number of allylic oxidation sites excluding steroid dienone is 1. The van der Waals surface area contributed by atoms with Gasteiger partial charge in [-0.3, -0.25) is 4.79 Å². The molecule has 0 aromatic rings. The maximum atomic E-state index is 12.0. The molecule has 0 saturated heterocycles. The van der Waals surface area contributed by atoms with Gasteiger partial charge in [-0.25, -0.2) is 0 Å². The van der Waals surface area contributed by atoms with Crippen LogP contribution in [0.4, 0.5) is 0 Å². The summed E-state index contributed by atoms with van der Waals surface area (Å²) in [6.45, 7) is 6.85. The molecule has 0 aliphatic heterocycles. The van der Waals surface area contributed by atoms with Crippen LogP contribution in [0.3, 0.4) is 0 Å². The molecule has 7 atom stereocenters.